The standard InChI is InChI=1S/C18H24FNO5/c1-6-9-24-13(3)18(22)25-12(2)17(21)20(4)11-14-7-8-16(23-5)15(19)10-14/h6-8,10,12-13H,1,9,11H2,2-5H3. The van der Waals surface area contributed by atoms with Crippen LogP contribution in [-0.2, 0) is 25.6 Å². The smallest absolute Gasteiger partial charge is 0.335 e. The summed E-state index contributed by atoms with van der Waals surface area (Å²) in [6, 6.07) is 4.45. The number of methoxy groups -OCH3 is 1. The van der Waals surface area contributed by atoms with Crippen LogP contribution >= 0.6 is 0 Å². The normalized spacial score (nSPS) is 12.8. The number of hydrogen-bond donors (Lipinski definition) is 0. The fourth-order valence-electron chi connectivity index (χ4n) is 2.07. The van der Waals surface area contributed by atoms with E-state index in [1.54, 1.807) is 13.1 Å². The third-order valence-corrected chi connectivity index (χ3v) is 3.45. The fourth-order valence-corrected chi connectivity index (χ4v) is 2.07. The van der Waals surface area contributed by atoms with Gasteiger partial charge in [-0.25, -0.2) is 9.18 Å². The Hall–Kier alpha value is -2.41. The first-order valence-electron chi connectivity index (χ1n) is 7.80. The van der Waals surface area contributed by atoms with E-state index in [-0.39, 0.29) is 18.9 Å². The van der Waals surface area contributed by atoms with Crippen LogP contribution in [-0.4, -0.2) is 49.7 Å². The van der Waals surface area contributed by atoms with Crippen LogP contribution in [0.3, 0.4) is 0 Å². The van der Waals surface area contributed by atoms with E-state index < -0.39 is 29.9 Å². The number of nitrogens with zero attached hydrogens (tertiary/aromatic N) is 1. The van der Waals surface area contributed by atoms with Gasteiger partial charge in [0.2, 0.25) is 0 Å². The number of carbonyl (C=O) groups is 2. The summed E-state index contributed by atoms with van der Waals surface area (Å²) in [5, 5.41) is 0. The Bertz CT molecular complexity index is 619. The van der Waals surface area contributed by atoms with Gasteiger partial charge in [0.05, 0.1) is 13.7 Å². The SMILES string of the molecule is C=CCOC(C)C(=O)OC(C)C(=O)N(C)Cc1ccc(OC)c(F)c1. The minimum Gasteiger partial charge on any atom is -0.494 e. The van der Waals surface area contributed by atoms with Crippen molar-refractivity contribution in [2.75, 3.05) is 20.8 Å². The number of carbonyl (C=O) groups excluding carboxylic acids is 2. The molecular weight excluding hydrogens is 329 g/mol. The highest BCUT2D eigenvalue weighted by Gasteiger charge is 2.24. The van der Waals surface area contributed by atoms with E-state index in [1.807, 2.05) is 0 Å². The number of halogens is 1. The van der Waals surface area contributed by atoms with Crippen LogP contribution in [0.5, 0.6) is 5.75 Å². The molecule has 0 bridgehead atoms. The molecule has 6 nitrogen and oxygen atoms in total. The fraction of sp³-hybridized carbons (Fsp3) is 0.444. The third-order valence-electron chi connectivity index (χ3n) is 3.45. The lowest BCUT2D eigenvalue weighted by molar-refractivity contribution is -0.167. The van der Waals surface area contributed by atoms with E-state index in [2.05, 4.69) is 6.58 Å². The van der Waals surface area contributed by atoms with Gasteiger partial charge in [0, 0.05) is 13.6 Å². The number of rotatable bonds is 9. The van der Waals surface area contributed by atoms with Gasteiger partial charge < -0.3 is 19.1 Å². The topological polar surface area (TPSA) is 65.1 Å². The molecule has 1 aromatic rings. The maximum Gasteiger partial charge on any atom is 0.335 e. The average molecular weight is 353 g/mol. The van der Waals surface area contributed by atoms with Crippen LogP contribution in [0, 0.1) is 5.82 Å². The van der Waals surface area contributed by atoms with Gasteiger partial charge in [-0.2, -0.15) is 0 Å². The molecule has 0 heterocycles. The summed E-state index contributed by atoms with van der Waals surface area (Å²) in [6.45, 7) is 6.88. The van der Waals surface area contributed by atoms with E-state index in [9.17, 15) is 14.0 Å². The Balaban J connectivity index is 2.61. The first-order chi connectivity index (χ1) is 11.8. The van der Waals surface area contributed by atoms with Crippen LogP contribution in [0.2, 0.25) is 0 Å². The molecule has 1 aromatic carbocycles. The molecule has 0 saturated carbocycles. The Morgan fingerprint density at radius 1 is 1.32 bits per heavy atom. The van der Waals surface area contributed by atoms with Crippen LogP contribution in [0.1, 0.15) is 19.4 Å². The molecule has 2 unspecified atom stereocenters. The van der Waals surface area contributed by atoms with Crippen molar-refractivity contribution < 1.29 is 28.2 Å². The van der Waals surface area contributed by atoms with E-state index in [1.165, 1.54) is 44.1 Å². The summed E-state index contributed by atoms with van der Waals surface area (Å²) < 4.78 is 28.8. The van der Waals surface area contributed by atoms with Crippen molar-refractivity contribution in [3.05, 3.63) is 42.2 Å². The summed E-state index contributed by atoms with van der Waals surface area (Å²) in [7, 11) is 2.93. The predicted molar refractivity (Wildman–Crippen MR) is 90.6 cm³/mol. The largest absolute Gasteiger partial charge is 0.494 e. The van der Waals surface area contributed by atoms with Crippen molar-refractivity contribution in [3.8, 4) is 5.75 Å². The first-order valence-corrected chi connectivity index (χ1v) is 7.80. The van der Waals surface area contributed by atoms with Gasteiger partial charge in [0.15, 0.2) is 23.8 Å². The molecule has 0 radical (unpaired) electrons. The minimum absolute atomic E-state index is 0.133. The molecule has 138 valence electrons. The average Bonchev–Trinajstić information content (AvgIpc) is 2.58. The number of esters is 1. The lowest BCUT2D eigenvalue weighted by Crippen LogP contribution is -2.39. The summed E-state index contributed by atoms with van der Waals surface area (Å²) in [5.41, 5.74) is 0.593. The van der Waals surface area contributed by atoms with Crippen molar-refractivity contribution in [3.63, 3.8) is 0 Å². The van der Waals surface area contributed by atoms with Gasteiger partial charge >= 0.3 is 5.97 Å². The van der Waals surface area contributed by atoms with E-state index in [4.69, 9.17) is 14.2 Å². The van der Waals surface area contributed by atoms with Crippen LogP contribution in [0.25, 0.3) is 0 Å². The van der Waals surface area contributed by atoms with Crippen molar-refractivity contribution in [1.29, 1.82) is 0 Å². The highest BCUT2D eigenvalue weighted by Crippen LogP contribution is 2.18. The van der Waals surface area contributed by atoms with E-state index >= 15 is 0 Å². The molecule has 0 fully saturated rings. The van der Waals surface area contributed by atoms with Crippen molar-refractivity contribution in [2.45, 2.75) is 32.6 Å². The predicted octanol–water partition coefficient (Wildman–Crippen LogP) is 2.32. The molecule has 0 spiro atoms. The van der Waals surface area contributed by atoms with Gasteiger partial charge in [0.25, 0.3) is 5.91 Å². The second kappa shape index (κ2) is 9.78. The number of ether oxygens (including phenoxy) is 3. The highest BCUT2D eigenvalue weighted by atomic mass is 19.1. The number of likely N-dealkylation sites (N-methyl/N-ethyl adjacent to an activating group) is 1. The van der Waals surface area contributed by atoms with Gasteiger partial charge in [-0.3, -0.25) is 4.79 Å². The lowest BCUT2D eigenvalue weighted by atomic mass is 10.2. The molecule has 2 atom stereocenters. The zero-order valence-corrected chi connectivity index (χ0v) is 15.0. The van der Waals surface area contributed by atoms with Gasteiger partial charge in [0.1, 0.15) is 0 Å². The van der Waals surface area contributed by atoms with Gasteiger partial charge in [-0.1, -0.05) is 12.1 Å². The molecule has 7 heteroatoms. The minimum atomic E-state index is -0.977. The summed E-state index contributed by atoms with van der Waals surface area (Å²) in [4.78, 5) is 25.5. The second-order valence-corrected chi connectivity index (χ2v) is 5.51. The second-order valence-electron chi connectivity index (χ2n) is 5.51. The Morgan fingerprint density at radius 3 is 2.56 bits per heavy atom. The molecule has 0 aromatic heterocycles. The summed E-state index contributed by atoms with van der Waals surface area (Å²) in [5.74, 6) is -1.41. The van der Waals surface area contributed by atoms with Crippen molar-refractivity contribution >= 4 is 11.9 Å². The summed E-state index contributed by atoms with van der Waals surface area (Å²) >= 11 is 0. The number of benzene rings is 1. The molecule has 0 aliphatic heterocycles. The highest BCUT2D eigenvalue weighted by molar-refractivity contribution is 5.84. The monoisotopic (exact) mass is 353 g/mol. The quantitative estimate of drug-likeness (QED) is 0.503. The lowest BCUT2D eigenvalue weighted by Gasteiger charge is -2.22. The number of hydrogen-bond acceptors (Lipinski definition) is 5. The third kappa shape index (κ3) is 6.19. The molecule has 1 amide bonds. The van der Waals surface area contributed by atoms with E-state index in [0.717, 1.165) is 0 Å². The summed E-state index contributed by atoms with van der Waals surface area (Å²) in [6.07, 6.45) is -0.259. The van der Waals surface area contributed by atoms with Crippen molar-refractivity contribution in [1.82, 2.24) is 4.90 Å². The van der Waals surface area contributed by atoms with Crippen LogP contribution in [0.4, 0.5) is 4.39 Å². The zero-order chi connectivity index (χ0) is 19.0. The van der Waals surface area contributed by atoms with Crippen LogP contribution in [0.15, 0.2) is 30.9 Å². The van der Waals surface area contributed by atoms with Gasteiger partial charge in [-0.05, 0) is 31.5 Å². The molecular formula is C18H24FNO5. The Kier molecular flexibility index (Phi) is 8.07. The number of amides is 1. The first kappa shape index (κ1) is 20.6. The molecule has 0 aliphatic carbocycles. The maximum absolute atomic E-state index is 13.7. The molecule has 0 N–H and O–H groups in total. The van der Waals surface area contributed by atoms with E-state index in [0.29, 0.717) is 5.56 Å². The Morgan fingerprint density at radius 2 is 2.00 bits per heavy atom. The molecule has 1 rings (SSSR count). The molecule has 0 saturated heterocycles. The molecule has 0 aliphatic rings. The van der Waals surface area contributed by atoms with Gasteiger partial charge in [-0.15, -0.1) is 6.58 Å². The Labute approximate surface area is 147 Å². The zero-order valence-electron chi connectivity index (χ0n) is 15.0. The molecule has 25 heavy (non-hydrogen) atoms. The van der Waals surface area contributed by atoms with Crippen molar-refractivity contribution in [2.24, 2.45) is 0 Å². The maximum atomic E-state index is 13.7. The van der Waals surface area contributed by atoms with Crippen LogP contribution < -0.4 is 4.74 Å².